The van der Waals surface area contributed by atoms with Crippen LogP contribution in [-0.2, 0) is 0 Å². The van der Waals surface area contributed by atoms with Crippen molar-refractivity contribution in [3.63, 3.8) is 0 Å². The number of piperazine rings is 1. The van der Waals surface area contributed by atoms with E-state index < -0.39 is 6.10 Å². The molecule has 1 radical (unpaired) electrons. The summed E-state index contributed by atoms with van der Waals surface area (Å²) in [7, 11) is 0. The van der Waals surface area contributed by atoms with Gasteiger partial charge in [-0.15, -0.1) is 0 Å². The van der Waals surface area contributed by atoms with Crippen LogP contribution in [0.25, 0.3) is 11.1 Å². The van der Waals surface area contributed by atoms with Crippen LogP contribution in [0.15, 0.2) is 72.8 Å². The summed E-state index contributed by atoms with van der Waals surface area (Å²) in [6.45, 7) is 10.5. The van der Waals surface area contributed by atoms with Gasteiger partial charge >= 0.3 is 0 Å². The summed E-state index contributed by atoms with van der Waals surface area (Å²) in [6.07, 6.45) is 0.233. The minimum Gasteiger partial charge on any atom is -0.493 e. The molecule has 1 aliphatic rings. The molecule has 1 unspecified atom stereocenters. The maximum absolute atomic E-state index is 10.5. The predicted octanol–water partition coefficient (Wildman–Crippen LogP) is 5.08. The summed E-state index contributed by atoms with van der Waals surface area (Å²) in [6, 6.07) is 24.9. The standard InChI is InChI=1S/C28H33N2O2/c1-22-7-6-8-23(2)28(22)30-18-16-29(17-19-30)21-26(31)15-20-32-27-13-11-25(12-14-27)24-9-4-3-5-10-24/h3-14,18,26,31H,15-17,19-21H2,1-2H3. The van der Waals surface area contributed by atoms with Crippen LogP contribution in [0, 0.1) is 20.4 Å². The second-order valence-corrected chi connectivity index (χ2v) is 8.56. The molecule has 4 rings (SSSR count). The number of hydrogen-bond donors (Lipinski definition) is 1. The maximum Gasteiger partial charge on any atom is 0.119 e. The van der Waals surface area contributed by atoms with Crippen LogP contribution in [-0.4, -0.2) is 48.9 Å². The number of hydrogen-bond acceptors (Lipinski definition) is 4. The number of aryl methyl sites for hydroxylation is 2. The van der Waals surface area contributed by atoms with E-state index in [1.54, 1.807) is 0 Å². The quantitative estimate of drug-likeness (QED) is 0.541. The van der Waals surface area contributed by atoms with Crippen molar-refractivity contribution in [3.8, 4) is 16.9 Å². The third kappa shape index (κ3) is 5.70. The average molecular weight is 430 g/mol. The number of aliphatic hydroxyl groups is 1. The SMILES string of the molecule is Cc1cccc(C)c1N1[CH]CN(CC(O)CCOc2ccc(-c3ccccc3)cc2)CC1. The Morgan fingerprint density at radius 1 is 0.844 bits per heavy atom. The Balaban J connectivity index is 1.19. The molecule has 1 fully saturated rings. The van der Waals surface area contributed by atoms with Gasteiger partial charge in [0.25, 0.3) is 0 Å². The van der Waals surface area contributed by atoms with Crippen molar-refractivity contribution in [2.45, 2.75) is 26.4 Å². The molecule has 4 heteroatoms. The Kier molecular flexibility index (Phi) is 7.46. The van der Waals surface area contributed by atoms with Crippen molar-refractivity contribution in [3.05, 3.63) is 90.5 Å². The van der Waals surface area contributed by atoms with Crippen molar-refractivity contribution in [1.82, 2.24) is 4.90 Å². The number of anilines is 1. The Bertz CT molecular complexity index is 960. The zero-order valence-electron chi connectivity index (χ0n) is 19.1. The number of ether oxygens (including phenoxy) is 1. The molecule has 1 saturated heterocycles. The van der Waals surface area contributed by atoms with Crippen molar-refractivity contribution < 1.29 is 9.84 Å². The highest BCUT2D eigenvalue weighted by Gasteiger charge is 2.21. The van der Waals surface area contributed by atoms with E-state index in [2.05, 4.69) is 72.7 Å². The van der Waals surface area contributed by atoms with E-state index in [9.17, 15) is 5.11 Å². The molecule has 0 aliphatic carbocycles. The first-order valence-electron chi connectivity index (χ1n) is 11.4. The van der Waals surface area contributed by atoms with Gasteiger partial charge < -0.3 is 14.7 Å². The van der Waals surface area contributed by atoms with Crippen molar-refractivity contribution in [1.29, 1.82) is 0 Å². The monoisotopic (exact) mass is 429 g/mol. The second-order valence-electron chi connectivity index (χ2n) is 8.56. The topological polar surface area (TPSA) is 35.9 Å². The minimum atomic E-state index is -0.390. The fraction of sp³-hybridized carbons (Fsp3) is 0.321. The summed E-state index contributed by atoms with van der Waals surface area (Å²) in [5, 5.41) is 10.5. The molecule has 1 aliphatic heterocycles. The van der Waals surface area contributed by atoms with Crippen LogP contribution in [0.5, 0.6) is 5.75 Å². The van der Waals surface area contributed by atoms with Crippen LogP contribution in [0.2, 0.25) is 0 Å². The molecule has 0 aromatic heterocycles. The van der Waals surface area contributed by atoms with Crippen LogP contribution in [0.4, 0.5) is 5.69 Å². The van der Waals surface area contributed by atoms with E-state index in [1.807, 2.05) is 30.3 Å². The molecule has 0 bridgehead atoms. The number of benzene rings is 3. The molecule has 0 saturated carbocycles. The molecule has 167 valence electrons. The summed E-state index contributed by atoms with van der Waals surface area (Å²) in [4.78, 5) is 4.67. The number of nitrogens with zero attached hydrogens (tertiary/aromatic N) is 2. The van der Waals surface area contributed by atoms with Crippen molar-refractivity contribution in [2.75, 3.05) is 37.7 Å². The fourth-order valence-corrected chi connectivity index (χ4v) is 4.35. The average Bonchev–Trinajstić information content (AvgIpc) is 2.81. The smallest absolute Gasteiger partial charge is 0.119 e. The first kappa shape index (κ1) is 22.4. The number of β-amino-alcohol motifs (C(OH)–C–C–N with tert-alkyl or cyclic N) is 1. The Morgan fingerprint density at radius 3 is 2.19 bits per heavy atom. The lowest BCUT2D eigenvalue weighted by atomic mass is 10.1. The van der Waals surface area contributed by atoms with Crippen LogP contribution < -0.4 is 9.64 Å². The van der Waals surface area contributed by atoms with Gasteiger partial charge in [0.05, 0.1) is 19.3 Å². The zero-order valence-corrected chi connectivity index (χ0v) is 19.1. The highest BCUT2D eigenvalue weighted by molar-refractivity contribution is 5.64. The lowest BCUT2D eigenvalue weighted by Crippen LogP contribution is -2.46. The normalized spacial score (nSPS) is 15.5. The molecular formula is C28H33N2O2. The summed E-state index contributed by atoms with van der Waals surface area (Å²) in [5.74, 6) is 0.840. The van der Waals surface area contributed by atoms with Crippen LogP contribution in [0.1, 0.15) is 17.5 Å². The largest absolute Gasteiger partial charge is 0.493 e. The van der Waals surface area contributed by atoms with Gasteiger partial charge in [-0.1, -0.05) is 60.7 Å². The third-order valence-corrected chi connectivity index (χ3v) is 6.09. The van der Waals surface area contributed by atoms with Crippen LogP contribution >= 0.6 is 0 Å². The minimum absolute atomic E-state index is 0.390. The first-order valence-corrected chi connectivity index (χ1v) is 11.4. The number of rotatable bonds is 8. The van der Waals surface area contributed by atoms with E-state index in [0.29, 0.717) is 19.6 Å². The van der Waals surface area contributed by atoms with Gasteiger partial charge in [-0.25, -0.2) is 0 Å². The van der Waals surface area contributed by atoms with Gasteiger partial charge in [-0.05, 0) is 48.2 Å². The summed E-state index contributed by atoms with van der Waals surface area (Å²) >= 11 is 0. The van der Waals surface area contributed by atoms with E-state index in [-0.39, 0.29) is 0 Å². The van der Waals surface area contributed by atoms with E-state index in [0.717, 1.165) is 25.4 Å². The number of aliphatic hydroxyl groups excluding tert-OH is 1. The predicted molar refractivity (Wildman–Crippen MR) is 132 cm³/mol. The summed E-state index contributed by atoms with van der Waals surface area (Å²) < 4.78 is 5.86. The molecule has 0 spiro atoms. The molecular weight excluding hydrogens is 396 g/mol. The molecule has 1 heterocycles. The molecule has 3 aromatic rings. The van der Waals surface area contributed by atoms with Gasteiger partial charge in [0.2, 0.25) is 0 Å². The van der Waals surface area contributed by atoms with E-state index >= 15 is 0 Å². The van der Waals surface area contributed by atoms with E-state index in [4.69, 9.17) is 4.74 Å². The number of para-hydroxylation sites is 1. The van der Waals surface area contributed by atoms with Gasteiger partial charge in [-0.3, -0.25) is 4.90 Å². The zero-order chi connectivity index (χ0) is 22.3. The Morgan fingerprint density at radius 2 is 1.53 bits per heavy atom. The third-order valence-electron chi connectivity index (χ3n) is 6.09. The fourth-order valence-electron chi connectivity index (χ4n) is 4.35. The highest BCUT2D eigenvalue weighted by atomic mass is 16.5. The van der Waals surface area contributed by atoms with Gasteiger partial charge in [0.15, 0.2) is 0 Å². The maximum atomic E-state index is 10.5. The molecule has 3 aromatic carbocycles. The lowest BCUT2D eigenvalue weighted by Gasteiger charge is -2.37. The molecule has 4 nitrogen and oxygen atoms in total. The van der Waals surface area contributed by atoms with Crippen LogP contribution in [0.3, 0.4) is 0 Å². The van der Waals surface area contributed by atoms with Gasteiger partial charge in [-0.2, -0.15) is 0 Å². The van der Waals surface area contributed by atoms with Crippen molar-refractivity contribution in [2.24, 2.45) is 0 Å². The molecule has 32 heavy (non-hydrogen) atoms. The van der Waals surface area contributed by atoms with Gasteiger partial charge in [0.1, 0.15) is 5.75 Å². The lowest BCUT2D eigenvalue weighted by molar-refractivity contribution is 0.0919. The van der Waals surface area contributed by atoms with Crippen molar-refractivity contribution >= 4 is 5.69 Å². The second kappa shape index (κ2) is 10.7. The summed E-state index contributed by atoms with van der Waals surface area (Å²) in [5.41, 5.74) is 6.31. The molecule has 1 N–H and O–H groups in total. The Hall–Kier alpha value is -2.82. The van der Waals surface area contributed by atoms with E-state index in [1.165, 1.54) is 27.9 Å². The molecule has 1 atom stereocenters. The Labute approximate surface area is 192 Å². The first-order chi connectivity index (χ1) is 15.6. The molecule has 0 amide bonds. The highest BCUT2D eigenvalue weighted by Crippen LogP contribution is 2.27. The van der Waals surface area contributed by atoms with Gasteiger partial charge in [0, 0.05) is 38.3 Å².